The maximum absolute atomic E-state index is 14.2. The molecule has 0 atom stereocenters. The number of nitrogens with zero attached hydrogens (tertiary/aromatic N) is 1. The van der Waals surface area contributed by atoms with E-state index in [4.69, 9.17) is 9.47 Å². The summed E-state index contributed by atoms with van der Waals surface area (Å²) in [7, 11) is -2.80. The standard InChI is InChI=1S/C30H32F2N2O6S/c1-3-40-30(36)21-13-15-34(16-14-21)28(35)17-20-7-10-25(11-8-20)33-41(37,38)27-6-4-5-22(29(27)39-2)18-23-19-24(31)9-12-26(23)32/h4-12,19,21,33H,3,13-18H2,1-2H3. The Morgan fingerprint density at radius 1 is 1.00 bits per heavy atom. The van der Waals surface area contributed by atoms with Crippen LogP contribution in [0.2, 0.25) is 0 Å². The highest BCUT2D eigenvalue weighted by molar-refractivity contribution is 7.92. The number of amides is 1. The number of carbonyl (C=O) groups is 2. The molecule has 3 aromatic rings. The summed E-state index contributed by atoms with van der Waals surface area (Å²) in [5.41, 5.74) is 1.43. The molecule has 1 fully saturated rings. The first-order chi connectivity index (χ1) is 19.6. The SMILES string of the molecule is CCOC(=O)C1CCN(C(=O)Cc2ccc(NS(=O)(=O)c3cccc(Cc4cc(F)ccc4F)c3OC)cc2)CC1. The summed E-state index contributed by atoms with van der Waals surface area (Å²) in [4.78, 5) is 26.3. The highest BCUT2D eigenvalue weighted by Crippen LogP contribution is 2.32. The molecule has 0 radical (unpaired) electrons. The van der Waals surface area contributed by atoms with E-state index in [9.17, 15) is 26.8 Å². The summed E-state index contributed by atoms with van der Waals surface area (Å²) in [6.45, 7) is 3.06. The molecular formula is C30H32F2N2O6S. The number of benzene rings is 3. The minimum atomic E-state index is -4.11. The number of piperidine rings is 1. The van der Waals surface area contributed by atoms with Crippen molar-refractivity contribution < 1.29 is 36.3 Å². The fourth-order valence-electron chi connectivity index (χ4n) is 4.84. The van der Waals surface area contributed by atoms with Crippen LogP contribution in [0.25, 0.3) is 0 Å². The monoisotopic (exact) mass is 586 g/mol. The second-order valence-electron chi connectivity index (χ2n) is 9.75. The van der Waals surface area contributed by atoms with Gasteiger partial charge in [0.2, 0.25) is 5.91 Å². The van der Waals surface area contributed by atoms with Crippen LogP contribution in [-0.2, 0) is 37.2 Å². The normalized spacial score (nSPS) is 14.0. The number of methoxy groups -OCH3 is 1. The molecule has 0 saturated carbocycles. The van der Waals surface area contributed by atoms with Gasteiger partial charge >= 0.3 is 5.97 Å². The van der Waals surface area contributed by atoms with Crippen molar-refractivity contribution >= 4 is 27.6 Å². The number of hydrogen-bond acceptors (Lipinski definition) is 6. The number of esters is 1. The predicted octanol–water partition coefficient (Wildman–Crippen LogP) is 4.71. The molecular weight excluding hydrogens is 554 g/mol. The van der Waals surface area contributed by atoms with Gasteiger partial charge < -0.3 is 14.4 Å². The highest BCUT2D eigenvalue weighted by Gasteiger charge is 2.28. The lowest BCUT2D eigenvalue weighted by atomic mass is 9.96. The number of anilines is 1. The third kappa shape index (κ3) is 7.40. The smallest absolute Gasteiger partial charge is 0.309 e. The molecule has 1 amide bonds. The van der Waals surface area contributed by atoms with Crippen molar-refractivity contribution in [3.8, 4) is 5.75 Å². The zero-order chi connectivity index (χ0) is 29.6. The van der Waals surface area contributed by atoms with Crippen LogP contribution >= 0.6 is 0 Å². The zero-order valence-corrected chi connectivity index (χ0v) is 23.7. The van der Waals surface area contributed by atoms with Crippen molar-refractivity contribution in [3.05, 3.63) is 89.0 Å². The van der Waals surface area contributed by atoms with Gasteiger partial charge in [-0.3, -0.25) is 14.3 Å². The Hall–Kier alpha value is -3.99. The number of carbonyl (C=O) groups excluding carboxylic acids is 2. The van der Waals surface area contributed by atoms with Gasteiger partial charge in [0.05, 0.1) is 26.1 Å². The summed E-state index contributed by atoms with van der Waals surface area (Å²) in [6, 6.07) is 14.0. The number of sulfonamides is 1. The second kappa shape index (κ2) is 13.1. The van der Waals surface area contributed by atoms with E-state index >= 15 is 0 Å². The molecule has 0 unspecified atom stereocenters. The molecule has 0 bridgehead atoms. The number of ether oxygens (including phenoxy) is 2. The Labute approximate surface area is 238 Å². The van der Waals surface area contributed by atoms with Crippen molar-refractivity contribution in [2.24, 2.45) is 5.92 Å². The van der Waals surface area contributed by atoms with Gasteiger partial charge in [0.25, 0.3) is 10.0 Å². The van der Waals surface area contributed by atoms with Crippen molar-refractivity contribution in [3.63, 3.8) is 0 Å². The molecule has 1 aliphatic rings. The molecule has 11 heteroatoms. The number of likely N-dealkylation sites (tertiary alicyclic amines) is 1. The van der Waals surface area contributed by atoms with Crippen LogP contribution in [0.1, 0.15) is 36.5 Å². The molecule has 1 saturated heterocycles. The molecule has 41 heavy (non-hydrogen) atoms. The Kier molecular flexibility index (Phi) is 9.59. The maximum Gasteiger partial charge on any atom is 0.309 e. The van der Waals surface area contributed by atoms with E-state index in [-0.39, 0.29) is 52.5 Å². The van der Waals surface area contributed by atoms with Crippen LogP contribution in [0.4, 0.5) is 14.5 Å². The number of hydrogen-bond donors (Lipinski definition) is 1. The summed E-state index contributed by atoms with van der Waals surface area (Å²) in [5, 5.41) is 0. The van der Waals surface area contributed by atoms with Crippen LogP contribution in [-0.4, -0.2) is 52.0 Å². The summed E-state index contributed by atoms with van der Waals surface area (Å²) in [5.74, 6) is -1.67. The predicted molar refractivity (Wildman–Crippen MR) is 149 cm³/mol. The van der Waals surface area contributed by atoms with Gasteiger partial charge in [-0.1, -0.05) is 24.3 Å². The average molecular weight is 587 g/mol. The molecule has 218 valence electrons. The average Bonchev–Trinajstić information content (AvgIpc) is 2.96. The van der Waals surface area contributed by atoms with E-state index in [1.165, 1.54) is 19.2 Å². The van der Waals surface area contributed by atoms with Gasteiger partial charge in [-0.25, -0.2) is 17.2 Å². The van der Waals surface area contributed by atoms with Gasteiger partial charge in [0, 0.05) is 30.8 Å². The van der Waals surface area contributed by atoms with Crippen molar-refractivity contribution in [1.82, 2.24) is 4.90 Å². The Morgan fingerprint density at radius 3 is 2.37 bits per heavy atom. The highest BCUT2D eigenvalue weighted by atomic mass is 32.2. The van der Waals surface area contributed by atoms with Crippen molar-refractivity contribution in [2.75, 3.05) is 31.5 Å². The topological polar surface area (TPSA) is 102 Å². The first-order valence-corrected chi connectivity index (χ1v) is 14.8. The number of rotatable bonds is 10. The second-order valence-corrected chi connectivity index (χ2v) is 11.4. The first-order valence-electron chi connectivity index (χ1n) is 13.3. The molecule has 8 nitrogen and oxygen atoms in total. The Balaban J connectivity index is 1.41. The van der Waals surface area contributed by atoms with E-state index in [1.807, 2.05) is 0 Å². The van der Waals surface area contributed by atoms with Crippen LogP contribution in [0.5, 0.6) is 5.75 Å². The lowest BCUT2D eigenvalue weighted by Gasteiger charge is -2.31. The molecule has 4 rings (SSSR count). The van der Waals surface area contributed by atoms with Crippen molar-refractivity contribution in [2.45, 2.75) is 37.5 Å². The van der Waals surface area contributed by atoms with Gasteiger partial charge in [-0.15, -0.1) is 0 Å². The van der Waals surface area contributed by atoms with Crippen LogP contribution in [0, 0.1) is 17.6 Å². The quantitative estimate of drug-likeness (QED) is 0.346. The minimum absolute atomic E-state index is 0.0256. The largest absolute Gasteiger partial charge is 0.495 e. The lowest BCUT2D eigenvalue weighted by molar-refractivity contribution is -0.151. The lowest BCUT2D eigenvalue weighted by Crippen LogP contribution is -2.41. The number of para-hydroxylation sites is 1. The minimum Gasteiger partial charge on any atom is -0.495 e. The van der Waals surface area contributed by atoms with Gasteiger partial charge in [0.15, 0.2) is 0 Å². The fraction of sp³-hybridized carbons (Fsp3) is 0.333. The summed E-state index contributed by atoms with van der Waals surface area (Å²) in [6.07, 6.45) is 1.20. The molecule has 0 aromatic heterocycles. The first kappa shape index (κ1) is 30.0. The van der Waals surface area contributed by atoms with Gasteiger partial charge in [-0.2, -0.15) is 0 Å². The zero-order valence-electron chi connectivity index (χ0n) is 22.9. The van der Waals surface area contributed by atoms with Crippen LogP contribution in [0.15, 0.2) is 65.6 Å². The van der Waals surface area contributed by atoms with E-state index in [0.717, 1.165) is 18.2 Å². The molecule has 1 N–H and O–H groups in total. The van der Waals surface area contributed by atoms with E-state index < -0.39 is 21.7 Å². The van der Waals surface area contributed by atoms with E-state index in [1.54, 1.807) is 42.2 Å². The third-order valence-electron chi connectivity index (χ3n) is 6.97. The molecule has 3 aromatic carbocycles. The number of nitrogens with one attached hydrogen (secondary N) is 1. The maximum atomic E-state index is 14.2. The summed E-state index contributed by atoms with van der Waals surface area (Å²) >= 11 is 0. The molecule has 1 aliphatic heterocycles. The van der Waals surface area contributed by atoms with Gasteiger partial charge in [0.1, 0.15) is 22.3 Å². The summed E-state index contributed by atoms with van der Waals surface area (Å²) < 4.78 is 67.4. The van der Waals surface area contributed by atoms with Gasteiger partial charge in [-0.05, 0) is 67.3 Å². The van der Waals surface area contributed by atoms with Crippen LogP contribution < -0.4 is 9.46 Å². The van der Waals surface area contributed by atoms with E-state index in [2.05, 4.69) is 4.72 Å². The Bertz CT molecular complexity index is 1500. The molecule has 0 aliphatic carbocycles. The van der Waals surface area contributed by atoms with Crippen LogP contribution in [0.3, 0.4) is 0 Å². The van der Waals surface area contributed by atoms with Crippen molar-refractivity contribution in [1.29, 1.82) is 0 Å². The molecule has 0 spiro atoms. The Morgan fingerprint density at radius 2 is 1.71 bits per heavy atom. The van der Waals surface area contributed by atoms with E-state index in [0.29, 0.717) is 43.7 Å². The fourth-order valence-corrected chi connectivity index (χ4v) is 6.11. The third-order valence-corrected chi connectivity index (χ3v) is 8.38. The molecule has 1 heterocycles. The number of halogens is 2.